The molecule has 0 aliphatic carbocycles. The van der Waals surface area contributed by atoms with Crippen molar-refractivity contribution in [3.63, 3.8) is 0 Å². The molecule has 0 saturated carbocycles. The molecular weight excluding hydrogens is 328 g/mol. The predicted octanol–water partition coefficient (Wildman–Crippen LogP) is 5.07. The van der Waals surface area contributed by atoms with Gasteiger partial charge in [-0.3, -0.25) is 4.79 Å². The summed E-state index contributed by atoms with van der Waals surface area (Å²) in [5.74, 6) is -0.165. The van der Waals surface area contributed by atoms with Gasteiger partial charge in [0.1, 0.15) is 4.88 Å². The largest absolute Gasteiger partial charge is 0.282 e. The molecule has 0 spiro atoms. The second-order valence-corrected chi connectivity index (χ2v) is 6.59. The summed E-state index contributed by atoms with van der Waals surface area (Å²) in [5.41, 5.74) is 3.70. The van der Waals surface area contributed by atoms with Crippen LogP contribution in [0.5, 0.6) is 0 Å². The van der Waals surface area contributed by atoms with Crippen molar-refractivity contribution in [2.75, 3.05) is 0 Å². The van der Waals surface area contributed by atoms with Gasteiger partial charge in [-0.2, -0.15) is 5.10 Å². The van der Waals surface area contributed by atoms with E-state index in [0.717, 1.165) is 15.6 Å². The first-order valence-corrected chi connectivity index (χ1v) is 8.42. The zero-order chi connectivity index (χ0) is 16.2. The molecule has 0 unspecified atom stereocenters. The van der Waals surface area contributed by atoms with Gasteiger partial charge in [-0.25, -0.2) is 5.43 Å². The van der Waals surface area contributed by atoms with Gasteiger partial charge in [0.25, 0.3) is 5.91 Å². The summed E-state index contributed by atoms with van der Waals surface area (Å²) in [7, 11) is 0. The van der Waals surface area contributed by atoms with E-state index in [2.05, 4.69) is 10.5 Å². The maximum absolute atomic E-state index is 12.3. The highest BCUT2D eigenvalue weighted by Gasteiger charge is 2.16. The third-order valence-electron chi connectivity index (χ3n) is 3.53. The molecule has 2 aromatic carbocycles. The van der Waals surface area contributed by atoms with E-state index in [1.807, 2.05) is 61.5 Å². The number of carbonyl (C=O) groups excluding carboxylic acids is 1. The number of benzene rings is 2. The molecule has 116 valence electrons. The van der Waals surface area contributed by atoms with Crippen LogP contribution in [0.2, 0.25) is 5.02 Å². The number of halogens is 1. The van der Waals surface area contributed by atoms with Crippen LogP contribution in [0.25, 0.3) is 10.1 Å². The Hall–Kier alpha value is -2.17. The van der Waals surface area contributed by atoms with Crippen LogP contribution in [-0.4, -0.2) is 12.1 Å². The Morgan fingerprint density at radius 2 is 1.87 bits per heavy atom. The zero-order valence-electron chi connectivity index (χ0n) is 12.5. The second-order valence-electron chi connectivity index (χ2n) is 5.16. The van der Waals surface area contributed by atoms with Gasteiger partial charge in [-0.15, -0.1) is 11.3 Å². The summed E-state index contributed by atoms with van der Waals surface area (Å²) in [4.78, 5) is 12.7. The standard InChI is InChI=1S/C18H15ClN2OS/c1-12(13-7-3-2-4-8-13)11-20-21-18(22)17-16(19)14-9-5-6-10-15(14)23-17/h2-12H,1H3,(H,21,22)/b20-11-/t12-/m0/s1. The van der Waals surface area contributed by atoms with E-state index in [4.69, 9.17) is 11.6 Å². The average Bonchev–Trinajstić information content (AvgIpc) is 2.93. The molecule has 3 rings (SSSR count). The van der Waals surface area contributed by atoms with Crippen LogP contribution >= 0.6 is 22.9 Å². The first kappa shape index (κ1) is 15.7. The minimum Gasteiger partial charge on any atom is -0.266 e. The lowest BCUT2D eigenvalue weighted by molar-refractivity contribution is 0.0959. The van der Waals surface area contributed by atoms with Crippen LogP contribution in [0.4, 0.5) is 0 Å². The molecule has 0 saturated heterocycles. The highest BCUT2D eigenvalue weighted by atomic mass is 35.5. The average molecular weight is 343 g/mol. The number of amides is 1. The number of carbonyl (C=O) groups is 1. The van der Waals surface area contributed by atoms with Crippen molar-refractivity contribution in [3.05, 3.63) is 70.1 Å². The minimum atomic E-state index is -0.285. The molecule has 1 N–H and O–H groups in total. The van der Waals surface area contributed by atoms with Crippen molar-refractivity contribution < 1.29 is 4.79 Å². The summed E-state index contributed by atoms with van der Waals surface area (Å²) in [6.45, 7) is 2.03. The van der Waals surface area contributed by atoms with E-state index in [1.165, 1.54) is 11.3 Å². The van der Waals surface area contributed by atoms with Gasteiger partial charge < -0.3 is 0 Å². The molecule has 1 heterocycles. The molecule has 1 atom stereocenters. The van der Waals surface area contributed by atoms with Gasteiger partial charge in [0.15, 0.2) is 0 Å². The molecule has 3 aromatic rings. The number of fused-ring (bicyclic) bond motifs is 1. The number of hydrogen-bond acceptors (Lipinski definition) is 3. The Balaban J connectivity index is 1.71. The van der Waals surface area contributed by atoms with Crippen LogP contribution in [0.15, 0.2) is 59.7 Å². The number of rotatable bonds is 4. The lowest BCUT2D eigenvalue weighted by atomic mass is 10.0. The molecule has 1 amide bonds. The number of nitrogens with one attached hydrogen (secondary N) is 1. The van der Waals surface area contributed by atoms with Crippen molar-refractivity contribution in [3.8, 4) is 0 Å². The first-order valence-electron chi connectivity index (χ1n) is 7.22. The number of hydrazone groups is 1. The molecule has 1 aromatic heterocycles. The number of nitrogens with zero attached hydrogens (tertiary/aromatic N) is 1. The van der Waals surface area contributed by atoms with Crippen LogP contribution < -0.4 is 5.43 Å². The summed E-state index contributed by atoms with van der Waals surface area (Å²) in [5, 5.41) is 5.43. The van der Waals surface area contributed by atoms with Crippen LogP contribution in [0.3, 0.4) is 0 Å². The smallest absolute Gasteiger partial charge is 0.266 e. The van der Waals surface area contributed by atoms with Gasteiger partial charge in [0.2, 0.25) is 0 Å². The Morgan fingerprint density at radius 3 is 2.61 bits per heavy atom. The quantitative estimate of drug-likeness (QED) is 0.521. The second kappa shape index (κ2) is 6.94. The van der Waals surface area contributed by atoms with E-state index in [9.17, 15) is 4.79 Å². The maximum atomic E-state index is 12.3. The fourth-order valence-electron chi connectivity index (χ4n) is 2.26. The van der Waals surface area contributed by atoms with Crippen molar-refractivity contribution >= 4 is 45.1 Å². The van der Waals surface area contributed by atoms with Crippen molar-refractivity contribution in [2.45, 2.75) is 12.8 Å². The van der Waals surface area contributed by atoms with Gasteiger partial charge in [-0.1, -0.05) is 67.1 Å². The van der Waals surface area contributed by atoms with Crippen LogP contribution in [0, 0.1) is 0 Å². The zero-order valence-corrected chi connectivity index (χ0v) is 14.1. The van der Waals surface area contributed by atoms with Gasteiger partial charge >= 0.3 is 0 Å². The Bertz CT molecular complexity index is 858. The monoisotopic (exact) mass is 342 g/mol. The summed E-state index contributed by atoms with van der Waals surface area (Å²) in [6.07, 6.45) is 1.72. The van der Waals surface area contributed by atoms with Crippen molar-refractivity contribution in [1.29, 1.82) is 0 Å². The SMILES string of the molecule is C[C@@H](/C=N\NC(=O)c1sc2ccccc2c1Cl)c1ccccc1. The summed E-state index contributed by atoms with van der Waals surface area (Å²) < 4.78 is 0.990. The Kier molecular flexibility index (Phi) is 4.74. The van der Waals surface area contributed by atoms with E-state index < -0.39 is 0 Å². The lowest BCUT2D eigenvalue weighted by Gasteiger charge is -2.05. The molecular formula is C18H15ClN2OS. The Labute approximate surface area is 143 Å². The molecule has 0 aliphatic heterocycles. The summed E-state index contributed by atoms with van der Waals surface area (Å²) in [6, 6.07) is 17.7. The van der Waals surface area contributed by atoms with E-state index in [1.54, 1.807) is 6.21 Å². The normalized spacial score (nSPS) is 12.6. The highest BCUT2D eigenvalue weighted by Crippen LogP contribution is 2.34. The van der Waals surface area contributed by atoms with Crippen LogP contribution in [-0.2, 0) is 0 Å². The first-order chi connectivity index (χ1) is 11.2. The molecule has 3 nitrogen and oxygen atoms in total. The lowest BCUT2D eigenvalue weighted by Crippen LogP contribution is -2.17. The van der Waals surface area contributed by atoms with Gasteiger partial charge in [-0.05, 0) is 11.6 Å². The van der Waals surface area contributed by atoms with E-state index in [0.29, 0.717) is 9.90 Å². The molecule has 5 heteroatoms. The molecule has 0 bridgehead atoms. The fourth-order valence-corrected chi connectivity index (χ4v) is 3.67. The third-order valence-corrected chi connectivity index (χ3v) is 5.20. The molecule has 23 heavy (non-hydrogen) atoms. The van der Waals surface area contributed by atoms with E-state index >= 15 is 0 Å². The fraction of sp³-hybridized carbons (Fsp3) is 0.111. The topological polar surface area (TPSA) is 41.5 Å². The predicted molar refractivity (Wildman–Crippen MR) is 97.7 cm³/mol. The highest BCUT2D eigenvalue weighted by molar-refractivity contribution is 7.21. The van der Waals surface area contributed by atoms with E-state index in [-0.39, 0.29) is 11.8 Å². The number of thiophene rings is 1. The molecule has 0 aliphatic rings. The third kappa shape index (κ3) is 3.44. The summed E-state index contributed by atoms with van der Waals surface area (Å²) >= 11 is 7.66. The van der Waals surface area contributed by atoms with Gasteiger partial charge in [0.05, 0.1) is 5.02 Å². The van der Waals surface area contributed by atoms with Crippen molar-refractivity contribution in [1.82, 2.24) is 5.43 Å². The number of hydrogen-bond donors (Lipinski definition) is 1. The molecule has 0 radical (unpaired) electrons. The van der Waals surface area contributed by atoms with Crippen LogP contribution in [0.1, 0.15) is 28.1 Å². The minimum absolute atomic E-state index is 0.120. The maximum Gasteiger partial charge on any atom is 0.282 e. The Morgan fingerprint density at radius 1 is 1.17 bits per heavy atom. The van der Waals surface area contributed by atoms with Crippen molar-refractivity contribution in [2.24, 2.45) is 5.10 Å². The molecule has 0 fully saturated rings. The van der Waals surface area contributed by atoms with Gasteiger partial charge in [0, 0.05) is 22.2 Å².